The molecule has 19 heavy (non-hydrogen) atoms. The Labute approximate surface area is 120 Å². The number of benzene rings is 1. The molecule has 0 bridgehead atoms. The molecule has 0 heterocycles. The Morgan fingerprint density at radius 1 is 1.37 bits per heavy atom. The fourth-order valence-corrected chi connectivity index (χ4v) is 4.21. The maximum atomic E-state index is 12.6. The summed E-state index contributed by atoms with van der Waals surface area (Å²) in [5.41, 5.74) is 0.799. The van der Waals surface area contributed by atoms with E-state index in [9.17, 15) is 8.42 Å². The zero-order valence-corrected chi connectivity index (χ0v) is 13.5. The number of nitrogens with one attached hydrogen (secondary N) is 1. The van der Waals surface area contributed by atoms with Gasteiger partial charge in [-0.1, -0.05) is 18.2 Å². The number of hydrogen-bond donors (Lipinski definition) is 1. The van der Waals surface area contributed by atoms with Gasteiger partial charge in [0.15, 0.2) is 0 Å². The van der Waals surface area contributed by atoms with E-state index in [2.05, 4.69) is 5.32 Å². The molecular formula is C13H22N2O2S2. The summed E-state index contributed by atoms with van der Waals surface area (Å²) in [7, 11) is 0.0209. The van der Waals surface area contributed by atoms with Crippen molar-refractivity contribution >= 4 is 21.8 Å². The molecular weight excluding hydrogens is 280 g/mol. The van der Waals surface area contributed by atoms with E-state index in [1.165, 1.54) is 4.31 Å². The van der Waals surface area contributed by atoms with Crippen LogP contribution in [0.3, 0.4) is 0 Å². The normalized spacial score (nSPS) is 13.7. The van der Waals surface area contributed by atoms with E-state index in [-0.39, 0.29) is 6.04 Å². The van der Waals surface area contributed by atoms with Gasteiger partial charge in [0.2, 0.25) is 10.0 Å². The third-order valence-corrected chi connectivity index (χ3v) is 5.91. The number of nitrogens with zero attached hydrogens (tertiary/aromatic N) is 1. The molecule has 0 aliphatic rings. The maximum absolute atomic E-state index is 12.6. The molecule has 0 saturated carbocycles. The first-order valence-electron chi connectivity index (χ1n) is 6.14. The fourth-order valence-electron chi connectivity index (χ4n) is 1.83. The average Bonchev–Trinajstić information content (AvgIpc) is 2.39. The minimum atomic E-state index is -3.43. The SMILES string of the molecule is CNCc1ccccc1S(=O)(=O)N(C)C(C)CSC. The molecule has 0 aromatic heterocycles. The topological polar surface area (TPSA) is 49.4 Å². The van der Waals surface area contributed by atoms with Crippen molar-refractivity contribution in [3.63, 3.8) is 0 Å². The summed E-state index contributed by atoms with van der Waals surface area (Å²) in [4.78, 5) is 0.389. The van der Waals surface area contributed by atoms with Gasteiger partial charge in [0, 0.05) is 25.4 Å². The molecule has 1 N–H and O–H groups in total. The fraction of sp³-hybridized carbons (Fsp3) is 0.538. The van der Waals surface area contributed by atoms with Crippen LogP contribution in [0.25, 0.3) is 0 Å². The van der Waals surface area contributed by atoms with Crippen LogP contribution >= 0.6 is 11.8 Å². The van der Waals surface area contributed by atoms with Gasteiger partial charge in [-0.25, -0.2) is 8.42 Å². The van der Waals surface area contributed by atoms with Crippen LogP contribution in [0.15, 0.2) is 29.2 Å². The van der Waals surface area contributed by atoms with Gasteiger partial charge in [-0.05, 0) is 31.9 Å². The molecule has 1 atom stereocenters. The van der Waals surface area contributed by atoms with Crippen molar-refractivity contribution in [3.8, 4) is 0 Å². The third kappa shape index (κ3) is 3.95. The molecule has 1 unspecified atom stereocenters. The molecule has 0 fully saturated rings. The number of thioether (sulfide) groups is 1. The molecule has 1 aromatic rings. The highest BCUT2D eigenvalue weighted by atomic mass is 32.2. The van der Waals surface area contributed by atoms with Crippen LogP contribution in [-0.4, -0.2) is 44.9 Å². The molecule has 0 aliphatic heterocycles. The highest BCUT2D eigenvalue weighted by molar-refractivity contribution is 7.98. The molecule has 1 aromatic carbocycles. The minimum absolute atomic E-state index is 0.0253. The third-order valence-electron chi connectivity index (χ3n) is 3.03. The van der Waals surface area contributed by atoms with Gasteiger partial charge in [0.25, 0.3) is 0 Å². The zero-order valence-electron chi connectivity index (χ0n) is 11.9. The van der Waals surface area contributed by atoms with Crippen LogP contribution < -0.4 is 5.32 Å². The van der Waals surface area contributed by atoms with E-state index in [0.717, 1.165) is 11.3 Å². The summed E-state index contributed by atoms with van der Waals surface area (Å²) in [6.45, 7) is 2.47. The Kier molecular flexibility index (Phi) is 6.32. The van der Waals surface area contributed by atoms with Gasteiger partial charge in [-0.15, -0.1) is 0 Å². The van der Waals surface area contributed by atoms with Crippen LogP contribution in [-0.2, 0) is 16.6 Å². The summed E-state index contributed by atoms with van der Waals surface area (Å²) in [6.07, 6.45) is 1.98. The van der Waals surface area contributed by atoms with Crippen molar-refractivity contribution in [2.24, 2.45) is 0 Å². The van der Waals surface area contributed by atoms with Crippen LogP contribution in [0.2, 0.25) is 0 Å². The maximum Gasteiger partial charge on any atom is 0.243 e. The highest BCUT2D eigenvalue weighted by Crippen LogP contribution is 2.21. The van der Waals surface area contributed by atoms with Gasteiger partial charge in [0.05, 0.1) is 4.90 Å². The second-order valence-corrected chi connectivity index (χ2v) is 7.34. The predicted octanol–water partition coefficient (Wildman–Crippen LogP) is 1.78. The Hall–Kier alpha value is -0.560. The molecule has 0 spiro atoms. The molecule has 0 radical (unpaired) electrons. The number of sulfonamides is 1. The van der Waals surface area contributed by atoms with Crippen molar-refractivity contribution in [1.29, 1.82) is 0 Å². The Morgan fingerprint density at radius 2 is 2.00 bits per heavy atom. The molecule has 108 valence electrons. The summed E-state index contributed by atoms with van der Waals surface area (Å²) in [5, 5.41) is 3.00. The van der Waals surface area contributed by atoms with Crippen LogP contribution in [0, 0.1) is 0 Å². The van der Waals surface area contributed by atoms with E-state index in [1.807, 2.05) is 32.4 Å². The molecule has 1 rings (SSSR count). The lowest BCUT2D eigenvalue weighted by Gasteiger charge is -2.24. The van der Waals surface area contributed by atoms with Crippen LogP contribution in [0.1, 0.15) is 12.5 Å². The van der Waals surface area contributed by atoms with E-state index >= 15 is 0 Å². The summed E-state index contributed by atoms with van der Waals surface area (Å²) >= 11 is 1.65. The minimum Gasteiger partial charge on any atom is -0.316 e. The van der Waals surface area contributed by atoms with Crippen LogP contribution in [0.4, 0.5) is 0 Å². The van der Waals surface area contributed by atoms with Crippen molar-refractivity contribution in [2.75, 3.05) is 26.1 Å². The number of hydrogen-bond acceptors (Lipinski definition) is 4. The highest BCUT2D eigenvalue weighted by Gasteiger charge is 2.26. The van der Waals surface area contributed by atoms with Crippen molar-refractivity contribution < 1.29 is 8.42 Å². The zero-order chi connectivity index (χ0) is 14.5. The van der Waals surface area contributed by atoms with E-state index in [1.54, 1.807) is 30.9 Å². The van der Waals surface area contributed by atoms with Crippen molar-refractivity contribution in [2.45, 2.75) is 24.4 Å². The average molecular weight is 302 g/mol. The quantitative estimate of drug-likeness (QED) is 0.834. The monoisotopic (exact) mass is 302 g/mol. The summed E-state index contributed by atoms with van der Waals surface area (Å²) in [5.74, 6) is 0.782. The largest absolute Gasteiger partial charge is 0.316 e. The van der Waals surface area contributed by atoms with Gasteiger partial charge in [-0.2, -0.15) is 16.1 Å². The summed E-state index contributed by atoms with van der Waals surface area (Å²) in [6, 6.07) is 7.11. The Balaban J connectivity index is 3.12. The van der Waals surface area contributed by atoms with E-state index in [4.69, 9.17) is 0 Å². The Morgan fingerprint density at radius 3 is 2.58 bits per heavy atom. The van der Waals surface area contributed by atoms with Gasteiger partial charge in [-0.3, -0.25) is 0 Å². The van der Waals surface area contributed by atoms with Gasteiger partial charge in [0.1, 0.15) is 0 Å². The molecule has 0 aliphatic carbocycles. The first kappa shape index (κ1) is 16.5. The van der Waals surface area contributed by atoms with E-state index in [0.29, 0.717) is 11.4 Å². The van der Waals surface area contributed by atoms with Gasteiger partial charge >= 0.3 is 0 Å². The lowest BCUT2D eigenvalue weighted by molar-refractivity contribution is 0.414. The van der Waals surface area contributed by atoms with Crippen molar-refractivity contribution in [3.05, 3.63) is 29.8 Å². The van der Waals surface area contributed by atoms with Crippen LogP contribution in [0.5, 0.6) is 0 Å². The van der Waals surface area contributed by atoms with E-state index < -0.39 is 10.0 Å². The standard InChI is InChI=1S/C13H22N2O2S2/c1-11(10-18-4)15(3)19(16,17)13-8-6-5-7-12(13)9-14-2/h5-8,11,14H,9-10H2,1-4H3. The Bertz CT molecular complexity index is 503. The van der Waals surface area contributed by atoms with Gasteiger partial charge < -0.3 is 5.32 Å². The lowest BCUT2D eigenvalue weighted by Crippen LogP contribution is -2.37. The summed E-state index contributed by atoms with van der Waals surface area (Å²) < 4.78 is 26.7. The molecule has 0 saturated heterocycles. The second-order valence-electron chi connectivity index (χ2n) is 4.46. The first-order valence-corrected chi connectivity index (χ1v) is 8.98. The molecule has 6 heteroatoms. The molecule has 4 nitrogen and oxygen atoms in total. The first-order chi connectivity index (χ1) is 8.95. The van der Waals surface area contributed by atoms with Crippen molar-refractivity contribution in [1.82, 2.24) is 9.62 Å². The second kappa shape index (κ2) is 7.28. The lowest BCUT2D eigenvalue weighted by atomic mass is 10.2. The predicted molar refractivity (Wildman–Crippen MR) is 82.0 cm³/mol. The molecule has 0 amide bonds. The smallest absolute Gasteiger partial charge is 0.243 e. The number of rotatable bonds is 7.